The number of sulfonamides is 1. The Kier molecular flexibility index (Phi) is 6.33. The lowest BCUT2D eigenvalue weighted by molar-refractivity contribution is -0.0976. The van der Waals surface area contributed by atoms with Crippen LogP contribution in [0.3, 0.4) is 0 Å². The van der Waals surface area contributed by atoms with Crippen molar-refractivity contribution in [2.45, 2.75) is 43.2 Å². The molecule has 0 bridgehead atoms. The Morgan fingerprint density at radius 1 is 1.03 bits per heavy atom. The van der Waals surface area contributed by atoms with Crippen molar-refractivity contribution in [2.24, 2.45) is 0 Å². The van der Waals surface area contributed by atoms with E-state index in [1.165, 1.54) is 0 Å². The lowest BCUT2D eigenvalue weighted by atomic mass is 9.95. The van der Waals surface area contributed by atoms with Crippen molar-refractivity contribution >= 4 is 23.5 Å². The zero-order valence-electron chi connectivity index (χ0n) is 19.1. The summed E-state index contributed by atoms with van der Waals surface area (Å²) < 4.78 is 42.4. The first-order chi connectivity index (χ1) is 15.6. The largest absolute Gasteiger partial charge is 0.459 e. The van der Waals surface area contributed by atoms with Crippen LogP contribution in [0.15, 0.2) is 96.4 Å². The van der Waals surface area contributed by atoms with E-state index in [0.29, 0.717) is 5.75 Å². The van der Waals surface area contributed by atoms with Gasteiger partial charge in [-0.3, -0.25) is 0 Å². The predicted octanol–water partition coefficient (Wildman–Crippen LogP) is 4.81. The van der Waals surface area contributed by atoms with E-state index in [2.05, 4.69) is 36.5 Å². The number of hydrogen-bond acceptors (Lipinski definition) is 4. The van der Waals surface area contributed by atoms with Gasteiger partial charge in [-0.2, -0.15) is 0 Å². The monoisotopic (exact) mass is 479 g/mol. The Morgan fingerprint density at radius 3 is 2.33 bits per heavy atom. The summed E-state index contributed by atoms with van der Waals surface area (Å²) in [6, 6.07) is 23.8. The number of para-hydroxylation sites is 1. The number of nitrogens with one attached hydrogen (secondary N) is 1. The fraction of sp³-hybridized carbons (Fsp3) is 0.231. The molecule has 1 aliphatic heterocycles. The third-order valence-electron chi connectivity index (χ3n) is 5.90. The minimum absolute atomic E-state index is 0.223. The molecule has 33 heavy (non-hydrogen) atoms. The van der Waals surface area contributed by atoms with Gasteiger partial charge in [0, 0.05) is 12.0 Å². The smallest absolute Gasteiger partial charge is 0.241 e. The number of aryl methyl sites for hydroxylation is 1. The molecule has 4 rings (SSSR count). The molecule has 0 amide bonds. The number of rotatable bonds is 7. The molecule has 3 aromatic carbocycles. The first-order valence-electron chi connectivity index (χ1n) is 10.9. The molecule has 0 spiro atoms. The van der Waals surface area contributed by atoms with Gasteiger partial charge in [0.05, 0.1) is 10.9 Å². The summed E-state index contributed by atoms with van der Waals surface area (Å²) in [7, 11) is -6.17. The van der Waals surface area contributed by atoms with Gasteiger partial charge in [-0.05, 0) is 49.5 Å². The molecule has 1 N–H and O–H groups in total. The Bertz CT molecular complexity index is 1240. The fourth-order valence-corrected chi connectivity index (χ4v) is 7.52. The van der Waals surface area contributed by atoms with Crippen molar-refractivity contribution in [3.05, 3.63) is 103 Å². The summed E-state index contributed by atoms with van der Waals surface area (Å²) in [4.78, 5) is 0.223. The molecule has 1 heterocycles. The Morgan fingerprint density at radius 2 is 1.67 bits per heavy atom. The highest BCUT2D eigenvalue weighted by molar-refractivity contribution is 7.89. The standard InChI is InChI=1S/C26H29NO4SSi/c1-5-26(31-33(3,4)22-11-7-6-8-12-22)19-24(23-13-9-10-14-25(23)30-26)27-32(28,29)21-17-15-20(2)16-18-21/h5-18,24,27H,1,19H2,2-4H3/t24-,26-/m0/s1. The number of benzene rings is 3. The Hall–Kier alpha value is -2.71. The van der Waals surface area contributed by atoms with E-state index in [1.54, 1.807) is 30.3 Å². The first kappa shape index (κ1) is 23.4. The molecule has 1 aliphatic rings. The van der Waals surface area contributed by atoms with E-state index in [0.717, 1.165) is 16.3 Å². The number of ether oxygens (including phenoxy) is 1. The van der Waals surface area contributed by atoms with E-state index in [1.807, 2.05) is 49.4 Å². The first-order valence-corrected chi connectivity index (χ1v) is 15.3. The van der Waals surface area contributed by atoms with Gasteiger partial charge in [-0.1, -0.05) is 72.8 Å². The third-order valence-corrected chi connectivity index (χ3v) is 9.97. The molecule has 7 heteroatoms. The van der Waals surface area contributed by atoms with Gasteiger partial charge in [-0.25, -0.2) is 13.1 Å². The van der Waals surface area contributed by atoms with Crippen molar-refractivity contribution < 1.29 is 17.6 Å². The molecule has 0 radical (unpaired) electrons. The van der Waals surface area contributed by atoms with Crippen molar-refractivity contribution in [3.8, 4) is 5.75 Å². The second-order valence-corrected chi connectivity index (χ2v) is 14.3. The lowest BCUT2D eigenvalue weighted by Gasteiger charge is -2.44. The molecular formula is C26H29NO4SSi. The van der Waals surface area contributed by atoms with E-state index >= 15 is 0 Å². The van der Waals surface area contributed by atoms with Crippen LogP contribution in [0.5, 0.6) is 5.75 Å². The van der Waals surface area contributed by atoms with Gasteiger partial charge < -0.3 is 9.16 Å². The normalized spacial score (nSPS) is 20.5. The SMILES string of the molecule is C=C[C@]1(O[Si](C)(C)c2ccccc2)C[C@H](NS(=O)(=O)c2ccc(C)cc2)c2ccccc2O1. The van der Waals surface area contributed by atoms with E-state index in [9.17, 15) is 8.42 Å². The molecule has 2 atom stereocenters. The number of fused-ring (bicyclic) bond motifs is 1. The molecule has 0 fully saturated rings. The lowest BCUT2D eigenvalue weighted by Crippen LogP contribution is -2.56. The van der Waals surface area contributed by atoms with Gasteiger partial charge in [0.2, 0.25) is 24.1 Å². The molecule has 5 nitrogen and oxygen atoms in total. The van der Waals surface area contributed by atoms with Crippen molar-refractivity contribution in [2.75, 3.05) is 0 Å². The minimum Gasteiger partial charge on any atom is -0.459 e. The van der Waals surface area contributed by atoms with Gasteiger partial charge in [0.15, 0.2) is 0 Å². The maximum atomic E-state index is 13.2. The van der Waals surface area contributed by atoms with Crippen LogP contribution in [0.4, 0.5) is 0 Å². The zero-order chi connectivity index (χ0) is 23.7. The van der Waals surface area contributed by atoms with Crippen LogP contribution in [-0.4, -0.2) is 22.5 Å². The summed E-state index contributed by atoms with van der Waals surface area (Å²) in [6.07, 6.45) is 1.91. The average molecular weight is 480 g/mol. The molecule has 0 saturated heterocycles. The summed E-state index contributed by atoms with van der Waals surface area (Å²) in [5.74, 6) is -0.585. The van der Waals surface area contributed by atoms with Crippen LogP contribution in [0.1, 0.15) is 23.6 Å². The van der Waals surface area contributed by atoms with Crippen molar-refractivity contribution in [1.29, 1.82) is 0 Å². The average Bonchev–Trinajstić information content (AvgIpc) is 2.79. The summed E-state index contributed by atoms with van der Waals surface area (Å²) in [6.45, 7) is 10.1. The molecule has 172 valence electrons. The Labute approximate surface area is 197 Å². The molecule has 3 aromatic rings. The van der Waals surface area contributed by atoms with Crippen LogP contribution < -0.4 is 14.6 Å². The van der Waals surface area contributed by atoms with Crippen molar-refractivity contribution in [1.82, 2.24) is 4.72 Å². The Balaban J connectivity index is 1.69. The summed E-state index contributed by atoms with van der Waals surface area (Å²) in [5, 5.41) is 1.12. The maximum Gasteiger partial charge on any atom is 0.241 e. The molecule has 0 aromatic heterocycles. The fourth-order valence-electron chi connectivity index (χ4n) is 4.12. The van der Waals surface area contributed by atoms with Crippen LogP contribution in [0.2, 0.25) is 13.1 Å². The highest BCUT2D eigenvalue weighted by atomic mass is 32.2. The van der Waals surface area contributed by atoms with Gasteiger partial charge in [-0.15, -0.1) is 0 Å². The van der Waals surface area contributed by atoms with Gasteiger partial charge in [0.25, 0.3) is 0 Å². The molecular weight excluding hydrogens is 450 g/mol. The molecule has 0 unspecified atom stereocenters. The number of hydrogen-bond donors (Lipinski definition) is 1. The topological polar surface area (TPSA) is 64.6 Å². The predicted molar refractivity (Wildman–Crippen MR) is 133 cm³/mol. The van der Waals surface area contributed by atoms with Crippen LogP contribution in [-0.2, 0) is 14.4 Å². The molecule has 0 aliphatic carbocycles. The van der Waals surface area contributed by atoms with E-state index in [-0.39, 0.29) is 11.3 Å². The van der Waals surface area contributed by atoms with Gasteiger partial charge >= 0.3 is 0 Å². The third kappa shape index (κ3) is 4.96. The zero-order valence-corrected chi connectivity index (χ0v) is 20.9. The van der Waals surface area contributed by atoms with Crippen LogP contribution >= 0.6 is 0 Å². The highest BCUT2D eigenvalue weighted by Gasteiger charge is 2.45. The van der Waals surface area contributed by atoms with E-state index in [4.69, 9.17) is 9.16 Å². The van der Waals surface area contributed by atoms with Crippen LogP contribution in [0, 0.1) is 6.92 Å². The summed E-state index contributed by atoms with van der Waals surface area (Å²) >= 11 is 0. The molecule has 0 saturated carbocycles. The van der Waals surface area contributed by atoms with Crippen LogP contribution in [0.25, 0.3) is 0 Å². The maximum absolute atomic E-state index is 13.2. The quantitative estimate of drug-likeness (QED) is 0.390. The second-order valence-electron chi connectivity index (χ2n) is 8.83. The summed E-state index contributed by atoms with van der Waals surface area (Å²) in [5.41, 5.74) is 1.77. The second kappa shape index (κ2) is 8.91. The van der Waals surface area contributed by atoms with E-state index < -0.39 is 30.2 Å². The highest BCUT2D eigenvalue weighted by Crippen LogP contribution is 2.42. The van der Waals surface area contributed by atoms with Crippen molar-refractivity contribution in [3.63, 3.8) is 0 Å². The minimum atomic E-state index is -3.76. The van der Waals surface area contributed by atoms with Gasteiger partial charge in [0.1, 0.15) is 5.75 Å².